The number of sulfonamides is 1. The zero-order chi connectivity index (χ0) is 21.7. The van der Waals surface area contributed by atoms with Crippen LogP contribution in [0.4, 0.5) is 11.4 Å². The van der Waals surface area contributed by atoms with Gasteiger partial charge in [-0.1, -0.05) is 32.0 Å². The fraction of sp³-hybridized carbons (Fsp3) is 0.381. The van der Waals surface area contributed by atoms with E-state index < -0.39 is 10.0 Å². The highest BCUT2D eigenvalue weighted by atomic mass is 32.2. The number of nitrogens with zero attached hydrogens (tertiary/aromatic N) is 1. The van der Waals surface area contributed by atoms with Crippen LogP contribution in [0, 0.1) is 0 Å². The minimum absolute atomic E-state index is 0.116. The number of rotatable bonds is 6. The van der Waals surface area contributed by atoms with Crippen LogP contribution in [-0.2, 0) is 14.8 Å². The molecule has 0 aromatic heterocycles. The number of nitrogens with one attached hydrogen (secondary N) is 2. The molecule has 0 bridgehead atoms. The number of methoxy groups -OCH3 is 1. The molecule has 3 rings (SSSR count). The van der Waals surface area contributed by atoms with Gasteiger partial charge in [0.1, 0.15) is 10.6 Å². The average molecular weight is 450 g/mol. The maximum absolute atomic E-state index is 13.3. The van der Waals surface area contributed by atoms with Gasteiger partial charge in [0.05, 0.1) is 26.0 Å². The number of thiocarbonyl (C=S) groups is 1. The van der Waals surface area contributed by atoms with Gasteiger partial charge in [-0.2, -0.15) is 4.31 Å². The Hall–Kier alpha value is -2.20. The molecule has 0 aliphatic carbocycles. The molecular weight excluding hydrogens is 422 g/mol. The van der Waals surface area contributed by atoms with E-state index in [-0.39, 0.29) is 4.90 Å². The van der Waals surface area contributed by atoms with Crippen molar-refractivity contribution in [2.45, 2.75) is 24.7 Å². The summed E-state index contributed by atoms with van der Waals surface area (Å²) in [6.45, 7) is 5.57. The van der Waals surface area contributed by atoms with Gasteiger partial charge in [0.15, 0.2) is 5.11 Å². The fourth-order valence-corrected chi connectivity index (χ4v) is 5.05. The molecule has 0 spiro atoms. The second kappa shape index (κ2) is 9.74. The summed E-state index contributed by atoms with van der Waals surface area (Å²) in [4.78, 5) is 0.116. The van der Waals surface area contributed by atoms with Crippen molar-refractivity contribution in [3.8, 4) is 5.75 Å². The molecule has 9 heteroatoms. The molecule has 2 aromatic rings. The lowest BCUT2D eigenvalue weighted by Crippen LogP contribution is -2.41. The molecule has 0 amide bonds. The molecule has 0 atom stereocenters. The summed E-state index contributed by atoms with van der Waals surface area (Å²) < 4.78 is 38.5. The molecule has 0 radical (unpaired) electrons. The Morgan fingerprint density at radius 3 is 2.43 bits per heavy atom. The normalized spacial score (nSPS) is 15.1. The van der Waals surface area contributed by atoms with E-state index in [1.54, 1.807) is 12.1 Å². The van der Waals surface area contributed by atoms with Crippen LogP contribution in [0.25, 0.3) is 0 Å². The predicted octanol–water partition coefficient (Wildman–Crippen LogP) is 3.65. The van der Waals surface area contributed by atoms with Crippen molar-refractivity contribution >= 4 is 38.7 Å². The number of ether oxygens (including phenoxy) is 2. The van der Waals surface area contributed by atoms with Crippen LogP contribution in [0.3, 0.4) is 0 Å². The smallest absolute Gasteiger partial charge is 0.245 e. The molecule has 0 saturated carbocycles. The van der Waals surface area contributed by atoms with Gasteiger partial charge in [-0.05, 0) is 41.9 Å². The lowest BCUT2D eigenvalue weighted by molar-refractivity contribution is 0.0730. The Labute approximate surface area is 183 Å². The molecule has 1 fully saturated rings. The molecule has 1 saturated heterocycles. The number of benzene rings is 2. The molecular formula is C21H27N3O4S2. The summed E-state index contributed by atoms with van der Waals surface area (Å²) in [5.41, 5.74) is 2.40. The predicted molar refractivity (Wildman–Crippen MR) is 123 cm³/mol. The molecule has 0 unspecified atom stereocenters. The number of anilines is 2. The van der Waals surface area contributed by atoms with Gasteiger partial charge < -0.3 is 20.1 Å². The van der Waals surface area contributed by atoms with Crippen molar-refractivity contribution in [2.75, 3.05) is 44.0 Å². The number of hydrogen-bond acceptors (Lipinski definition) is 5. The molecule has 1 aliphatic heterocycles. The standard InChI is InChI=1S/C21H27N3O4S2/c1-15(2)17-6-4-5-7-18(17)22-21(29)23-19-9-8-16(27-3)14-20(19)30(25,26)24-10-12-28-13-11-24/h4-9,14-15H,10-13H2,1-3H3,(H2,22,23,29). The van der Waals surface area contributed by atoms with Crippen LogP contribution in [0.1, 0.15) is 25.3 Å². The highest BCUT2D eigenvalue weighted by Crippen LogP contribution is 2.30. The third-order valence-electron chi connectivity index (χ3n) is 4.86. The van der Waals surface area contributed by atoms with E-state index in [9.17, 15) is 8.42 Å². The first-order chi connectivity index (χ1) is 14.3. The quantitative estimate of drug-likeness (QED) is 0.652. The molecule has 1 heterocycles. The number of hydrogen-bond donors (Lipinski definition) is 2. The summed E-state index contributed by atoms with van der Waals surface area (Å²) in [5.74, 6) is 0.770. The summed E-state index contributed by atoms with van der Waals surface area (Å²) >= 11 is 5.48. The second-order valence-electron chi connectivity index (χ2n) is 7.20. The molecule has 2 aromatic carbocycles. The van der Waals surface area contributed by atoms with E-state index >= 15 is 0 Å². The Balaban J connectivity index is 1.88. The van der Waals surface area contributed by atoms with Crippen LogP contribution in [0.15, 0.2) is 47.4 Å². The van der Waals surface area contributed by atoms with Crippen molar-refractivity contribution in [2.24, 2.45) is 0 Å². The van der Waals surface area contributed by atoms with Gasteiger partial charge in [0.2, 0.25) is 10.0 Å². The molecule has 162 valence electrons. The van der Waals surface area contributed by atoms with Gasteiger partial charge >= 0.3 is 0 Å². The van der Waals surface area contributed by atoms with Crippen molar-refractivity contribution in [3.05, 3.63) is 48.0 Å². The van der Waals surface area contributed by atoms with Crippen LogP contribution >= 0.6 is 12.2 Å². The van der Waals surface area contributed by atoms with E-state index in [1.807, 2.05) is 24.3 Å². The van der Waals surface area contributed by atoms with Crippen molar-refractivity contribution in [1.29, 1.82) is 0 Å². The summed E-state index contributed by atoms with van der Waals surface area (Å²) in [7, 11) is -2.24. The average Bonchev–Trinajstić information content (AvgIpc) is 2.74. The van der Waals surface area contributed by atoms with Gasteiger partial charge in [0.25, 0.3) is 0 Å². The van der Waals surface area contributed by atoms with Crippen molar-refractivity contribution in [1.82, 2.24) is 4.31 Å². The summed E-state index contributed by atoms with van der Waals surface area (Å²) in [6, 6.07) is 12.8. The Morgan fingerprint density at radius 1 is 1.10 bits per heavy atom. The van der Waals surface area contributed by atoms with E-state index in [1.165, 1.54) is 17.5 Å². The minimum atomic E-state index is -3.74. The number of morpholine rings is 1. The SMILES string of the molecule is COc1ccc(NC(=S)Nc2ccccc2C(C)C)c(S(=O)(=O)N2CCOCC2)c1. The van der Waals surface area contributed by atoms with E-state index in [0.29, 0.717) is 48.8 Å². The van der Waals surface area contributed by atoms with Crippen molar-refractivity contribution in [3.63, 3.8) is 0 Å². The molecule has 7 nitrogen and oxygen atoms in total. The highest BCUT2D eigenvalue weighted by molar-refractivity contribution is 7.89. The monoisotopic (exact) mass is 449 g/mol. The van der Waals surface area contributed by atoms with Crippen LogP contribution in [0.2, 0.25) is 0 Å². The van der Waals surface area contributed by atoms with E-state index in [4.69, 9.17) is 21.7 Å². The Bertz CT molecular complexity index is 1000. The molecule has 2 N–H and O–H groups in total. The Morgan fingerprint density at radius 2 is 1.77 bits per heavy atom. The first-order valence-corrected chi connectivity index (χ1v) is 11.6. The largest absolute Gasteiger partial charge is 0.497 e. The van der Waals surface area contributed by atoms with Gasteiger partial charge in [-0.3, -0.25) is 0 Å². The maximum atomic E-state index is 13.3. The summed E-state index contributed by atoms with van der Waals surface area (Å²) in [6.07, 6.45) is 0. The van der Waals surface area contributed by atoms with Gasteiger partial charge in [-0.25, -0.2) is 8.42 Å². The topological polar surface area (TPSA) is 79.9 Å². The zero-order valence-corrected chi connectivity index (χ0v) is 19.0. The first kappa shape index (κ1) is 22.5. The maximum Gasteiger partial charge on any atom is 0.245 e. The lowest BCUT2D eigenvalue weighted by atomic mass is 10.0. The molecule has 30 heavy (non-hydrogen) atoms. The second-order valence-corrected chi connectivity index (χ2v) is 9.51. The number of para-hydroxylation sites is 1. The third-order valence-corrected chi connectivity index (χ3v) is 7.00. The van der Waals surface area contributed by atoms with Crippen LogP contribution in [0.5, 0.6) is 5.75 Å². The molecule has 1 aliphatic rings. The fourth-order valence-electron chi connectivity index (χ4n) is 3.26. The van der Waals surface area contributed by atoms with Crippen molar-refractivity contribution < 1.29 is 17.9 Å². The zero-order valence-electron chi connectivity index (χ0n) is 17.3. The Kier molecular flexibility index (Phi) is 7.30. The lowest BCUT2D eigenvalue weighted by Gasteiger charge is -2.27. The third kappa shape index (κ3) is 5.10. The van der Waals surface area contributed by atoms with Crippen LogP contribution in [-0.4, -0.2) is 51.2 Å². The van der Waals surface area contributed by atoms with Gasteiger partial charge in [-0.15, -0.1) is 0 Å². The van der Waals surface area contributed by atoms with Gasteiger partial charge in [0, 0.05) is 24.8 Å². The van der Waals surface area contributed by atoms with E-state index in [2.05, 4.69) is 24.5 Å². The first-order valence-electron chi connectivity index (χ1n) is 9.76. The summed E-state index contributed by atoms with van der Waals surface area (Å²) in [5, 5.41) is 6.55. The minimum Gasteiger partial charge on any atom is -0.497 e. The highest BCUT2D eigenvalue weighted by Gasteiger charge is 2.29. The van der Waals surface area contributed by atoms with Crippen LogP contribution < -0.4 is 15.4 Å². The van der Waals surface area contributed by atoms with E-state index in [0.717, 1.165) is 11.3 Å².